The first kappa shape index (κ1) is 13.8. The van der Waals surface area contributed by atoms with Crippen molar-refractivity contribution in [1.82, 2.24) is 5.32 Å². The number of carbonyl (C=O) groups is 1. The molecule has 0 aromatic heterocycles. The number of hydrogen-bond donors (Lipinski definition) is 2. The van der Waals surface area contributed by atoms with E-state index in [0.29, 0.717) is 12.3 Å². The summed E-state index contributed by atoms with van der Waals surface area (Å²) in [5.74, 6) is 0.0510. The molecule has 1 aliphatic rings. The molecule has 19 heavy (non-hydrogen) atoms. The molecule has 2 N–H and O–H groups in total. The Bertz CT molecular complexity index is 402. The van der Waals surface area contributed by atoms with E-state index in [-0.39, 0.29) is 18.3 Å². The van der Waals surface area contributed by atoms with Gasteiger partial charge in [0.2, 0.25) is 0 Å². The molecule has 1 aromatic carbocycles. The van der Waals surface area contributed by atoms with Gasteiger partial charge in [0, 0.05) is 12.8 Å². The lowest BCUT2D eigenvalue weighted by Gasteiger charge is -2.12. The van der Waals surface area contributed by atoms with Gasteiger partial charge >= 0.3 is 0 Å². The van der Waals surface area contributed by atoms with Crippen LogP contribution in [0.5, 0.6) is 5.75 Å². The maximum Gasteiger partial charge on any atom is 0.258 e. The molecule has 4 nitrogen and oxygen atoms in total. The summed E-state index contributed by atoms with van der Waals surface area (Å²) < 4.78 is 17.9. The predicted molar refractivity (Wildman–Crippen MR) is 69.7 cm³/mol. The van der Waals surface area contributed by atoms with Crippen LogP contribution in [0.2, 0.25) is 0 Å². The highest BCUT2D eigenvalue weighted by Gasteiger charge is 2.14. The van der Waals surface area contributed by atoms with Crippen molar-refractivity contribution in [2.24, 2.45) is 0 Å². The van der Waals surface area contributed by atoms with E-state index < -0.39 is 0 Å². The number of halogens is 1. The quantitative estimate of drug-likeness (QED) is 0.762. The Morgan fingerprint density at radius 1 is 1.26 bits per heavy atom. The van der Waals surface area contributed by atoms with Crippen molar-refractivity contribution in [3.05, 3.63) is 30.1 Å². The highest BCUT2D eigenvalue weighted by molar-refractivity contribution is 5.77. The second-order valence-corrected chi connectivity index (χ2v) is 4.80. The molecule has 0 aliphatic carbocycles. The fourth-order valence-electron chi connectivity index (χ4n) is 2.23. The average molecular weight is 267 g/mol. The van der Waals surface area contributed by atoms with Gasteiger partial charge in [0.05, 0.1) is 26.2 Å². The van der Waals surface area contributed by atoms with Crippen LogP contribution >= 0.6 is 0 Å². The van der Waals surface area contributed by atoms with E-state index in [2.05, 4.69) is 5.32 Å². The van der Waals surface area contributed by atoms with Gasteiger partial charge in [-0.2, -0.15) is 0 Å². The van der Waals surface area contributed by atoms with Crippen molar-refractivity contribution >= 4 is 5.91 Å². The predicted octanol–water partition coefficient (Wildman–Crippen LogP) is -0.000600. The van der Waals surface area contributed by atoms with Gasteiger partial charge in [-0.1, -0.05) is 0 Å². The third-order valence-corrected chi connectivity index (χ3v) is 3.29. The number of likely N-dealkylation sites (tertiary alicyclic amines) is 1. The molecule has 2 rings (SSSR count). The zero-order valence-corrected chi connectivity index (χ0v) is 11.0. The maximum absolute atomic E-state index is 12.7. The molecule has 5 heteroatoms. The first-order chi connectivity index (χ1) is 9.24. The molecular weight excluding hydrogens is 247 g/mol. The second-order valence-electron chi connectivity index (χ2n) is 4.80. The third kappa shape index (κ3) is 4.87. The minimum Gasteiger partial charge on any atom is -0.484 e. The SMILES string of the molecule is O=C(COc1ccc(F)cc1)NCC[NH+]1CCCC1. The van der Waals surface area contributed by atoms with Crippen molar-refractivity contribution in [2.75, 3.05) is 32.8 Å². The summed E-state index contributed by atoms with van der Waals surface area (Å²) in [6.45, 7) is 4.05. The van der Waals surface area contributed by atoms with Crippen LogP contribution < -0.4 is 15.0 Å². The molecule has 0 radical (unpaired) electrons. The van der Waals surface area contributed by atoms with E-state index in [1.54, 1.807) is 4.90 Å². The standard InChI is InChI=1S/C14H19FN2O2/c15-12-3-5-13(6-4-12)19-11-14(18)16-7-10-17-8-1-2-9-17/h3-6H,1-2,7-11H2,(H,16,18)/p+1. The first-order valence-electron chi connectivity index (χ1n) is 6.73. The molecule has 0 atom stereocenters. The van der Waals surface area contributed by atoms with Crippen LogP contribution in [-0.4, -0.2) is 38.7 Å². The third-order valence-electron chi connectivity index (χ3n) is 3.29. The Balaban J connectivity index is 1.60. The Hall–Kier alpha value is -1.62. The van der Waals surface area contributed by atoms with E-state index in [1.165, 1.54) is 50.2 Å². The van der Waals surface area contributed by atoms with E-state index >= 15 is 0 Å². The van der Waals surface area contributed by atoms with E-state index in [4.69, 9.17) is 4.74 Å². The van der Waals surface area contributed by atoms with Crippen LogP contribution in [-0.2, 0) is 4.79 Å². The average Bonchev–Trinajstić information content (AvgIpc) is 2.91. The van der Waals surface area contributed by atoms with Gasteiger partial charge in [-0.05, 0) is 24.3 Å². The Morgan fingerprint density at radius 2 is 1.95 bits per heavy atom. The van der Waals surface area contributed by atoms with Gasteiger partial charge in [0.1, 0.15) is 11.6 Å². The Morgan fingerprint density at radius 3 is 2.63 bits per heavy atom. The van der Waals surface area contributed by atoms with E-state index in [1.807, 2.05) is 0 Å². The summed E-state index contributed by atoms with van der Waals surface area (Å²) >= 11 is 0. The highest BCUT2D eigenvalue weighted by Crippen LogP contribution is 2.10. The van der Waals surface area contributed by atoms with Gasteiger partial charge in [0.25, 0.3) is 5.91 Å². The fraction of sp³-hybridized carbons (Fsp3) is 0.500. The molecule has 1 aromatic rings. The number of hydrogen-bond acceptors (Lipinski definition) is 2. The van der Waals surface area contributed by atoms with Crippen molar-refractivity contribution in [3.8, 4) is 5.75 Å². The van der Waals surface area contributed by atoms with Crippen molar-refractivity contribution in [1.29, 1.82) is 0 Å². The van der Waals surface area contributed by atoms with Crippen molar-refractivity contribution < 1.29 is 18.8 Å². The Labute approximate surface area is 112 Å². The van der Waals surface area contributed by atoms with Gasteiger partial charge in [0.15, 0.2) is 6.61 Å². The number of benzene rings is 1. The van der Waals surface area contributed by atoms with E-state index in [0.717, 1.165) is 6.54 Å². The molecule has 0 saturated carbocycles. The normalized spacial score (nSPS) is 15.4. The molecule has 1 amide bonds. The smallest absolute Gasteiger partial charge is 0.258 e. The summed E-state index contributed by atoms with van der Waals surface area (Å²) in [5.41, 5.74) is 0. The molecule has 0 unspecified atom stereocenters. The summed E-state index contributed by atoms with van der Waals surface area (Å²) in [6, 6.07) is 5.64. The second kappa shape index (κ2) is 7.09. The minimum absolute atomic E-state index is 0.0268. The highest BCUT2D eigenvalue weighted by atomic mass is 19.1. The molecule has 1 saturated heterocycles. The summed E-state index contributed by atoms with van der Waals surface area (Å²) in [6.07, 6.45) is 2.58. The summed E-state index contributed by atoms with van der Waals surface area (Å²) in [7, 11) is 0. The van der Waals surface area contributed by atoms with Crippen LogP contribution in [0.3, 0.4) is 0 Å². The number of rotatable bonds is 6. The number of nitrogens with one attached hydrogen (secondary N) is 2. The lowest BCUT2D eigenvalue weighted by molar-refractivity contribution is -0.886. The molecule has 1 aliphatic heterocycles. The van der Waals surface area contributed by atoms with Crippen LogP contribution in [0.15, 0.2) is 24.3 Å². The zero-order valence-electron chi connectivity index (χ0n) is 11.0. The molecular formula is C14H20FN2O2+. The first-order valence-corrected chi connectivity index (χ1v) is 6.73. The number of ether oxygens (including phenoxy) is 1. The van der Waals surface area contributed by atoms with Crippen LogP contribution in [0, 0.1) is 5.82 Å². The Kier molecular flexibility index (Phi) is 5.15. The van der Waals surface area contributed by atoms with Crippen LogP contribution in [0.25, 0.3) is 0 Å². The molecule has 0 spiro atoms. The molecule has 1 heterocycles. The minimum atomic E-state index is -0.314. The summed E-state index contributed by atoms with van der Waals surface area (Å²) in [5, 5.41) is 2.83. The lowest BCUT2D eigenvalue weighted by Crippen LogP contribution is -3.10. The maximum atomic E-state index is 12.7. The number of carbonyl (C=O) groups excluding carboxylic acids is 1. The monoisotopic (exact) mass is 267 g/mol. The molecule has 0 bridgehead atoms. The fourth-order valence-corrected chi connectivity index (χ4v) is 2.23. The zero-order chi connectivity index (χ0) is 13.5. The van der Waals surface area contributed by atoms with Crippen molar-refractivity contribution in [2.45, 2.75) is 12.8 Å². The van der Waals surface area contributed by atoms with E-state index in [9.17, 15) is 9.18 Å². The van der Waals surface area contributed by atoms with Gasteiger partial charge in [-0.25, -0.2) is 4.39 Å². The van der Waals surface area contributed by atoms with Gasteiger partial charge in [-0.15, -0.1) is 0 Å². The van der Waals surface area contributed by atoms with Crippen molar-refractivity contribution in [3.63, 3.8) is 0 Å². The number of quaternary nitrogens is 1. The molecule has 104 valence electrons. The van der Waals surface area contributed by atoms with Gasteiger partial charge in [-0.3, -0.25) is 4.79 Å². The van der Waals surface area contributed by atoms with Crippen LogP contribution in [0.1, 0.15) is 12.8 Å². The lowest BCUT2D eigenvalue weighted by atomic mass is 10.3. The molecule has 1 fully saturated rings. The van der Waals surface area contributed by atoms with Crippen LogP contribution in [0.4, 0.5) is 4.39 Å². The summed E-state index contributed by atoms with van der Waals surface area (Å²) in [4.78, 5) is 13.1. The largest absolute Gasteiger partial charge is 0.484 e. The van der Waals surface area contributed by atoms with Gasteiger partial charge < -0.3 is 15.0 Å². The number of amides is 1. The topological polar surface area (TPSA) is 42.8 Å².